The molecule has 2 N–H and O–H groups in total. The van der Waals surface area contributed by atoms with Crippen molar-refractivity contribution < 1.29 is 14.3 Å². The highest BCUT2D eigenvalue weighted by atomic mass is 32.2. The van der Waals surface area contributed by atoms with E-state index >= 15 is 0 Å². The number of fused-ring (bicyclic) bond motifs is 1. The number of rotatable bonds is 5. The summed E-state index contributed by atoms with van der Waals surface area (Å²) >= 11 is 1.57. The Morgan fingerprint density at radius 3 is 2.28 bits per heavy atom. The van der Waals surface area contributed by atoms with E-state index in [1.165, 1.54) is 4.90 Å². The van der Waals surface area contributed by atoms with E-state index in [9.17, 15) is 9.59 Å². The minimum absolute atomic E-state index is 0.217. The van der Waals surface area contributed by atoms with Crippen LogP contribution >= 0.6 is 11.8 Å². The minimum Gasteiger partial charge on any atom is -0.448 e. The van der Waals surface area contributed by atoms with Crippen LogP contribution < -0.4 is 5.73 Å². The average molecular weight is 407 g/mol. The molecule has 2 aliphatic heterocycles. The first-order valence-electron chi connectivity index (χ1n) is 9.48. The van der Waals surface area contributed by atoms with E-state index in [1.54, 1.807) is 11.8 Å². The molecular formula is C23H22N2O3S. The predicted molar refractivity (Wildman–Crippen MR) is 114 cm³/mol. The molecule has 4 rings (SSSR count). The van der Waals surface area contributed by atoms with Gasteiger partial charge in [0.05, 0.1) is 0 Å². The number of hydrogen-bond donors (Lipinski definition) is 1. The molecule has 0 radical (unpaired) electrons. The summed E-state index contributed by atoms with van der Waals surface area (Å²) in [5, 5.41) is -0.217. The van der Waals surface area contributed by atoms with Crippen molar-refractivity contribution in [3.8, 4) is 0 Å². The van der Waals surface area contributed by atoms with E-state index in [-0.39, 0.29) is 11.3 Å². The van der Waals surface area contributed by atoms with Gasteiger partial charge in [0.25, 0.3) is 0 Å². The Hall–Kier alpha value is -2.83. The quantitative estimate of drug-likeness (QED) is 0.609. The molecule has 2 atom stereocenters. The van der Waals surface area contributed by atoms with Crippen LogP contribution in [-0.4, -0.2) is 33.9 Å². The topological polar surface area (TPSA) is 72.6 Å². The number of nitrogens with zero attached hydrogens (tertiary/aromatic N) is 1. The van der Waals surface area contributed by atoms with Crippen LogP contribution in [0.1, 0.15) is 24.2 Å². The van der Waals surface area contributed by atoms with Crippen LogP contribution in [-0.2, 0) is 14.3 Å². The van der Waals surface area contributed by atoms with Gasteiger partial charge in [0, 0.05) is 5.75 Å². The molecule has 5 nitrogen and oxygen atoms in total. The van der Waals surface area contributed by atoms with Crippen LogP contribution in [0, 0.1) is 0 Å². The van der Waals surface area contributed by atoms with Gasteiger partial charge in [-0.15, -0.1) is 11.8 Å². The fourth-order valence-corrected chi connectivity index (χ4v) is 4.87. The van der Waals surface area contributed by atoms with Crippen molar-refractivity contribution in [3.05, 3.63) is 95.2 Å². The van der Waals surface area contributed by atoms with Crippen LogP contribution in [0.4, 0.5) is 0 Å². The van der Waals surface area contributed by atoms with E-state index in [2.05, 4.69) is 0 Å². The van der Waals surface area contributed by atoms with Gasteiger partial charge in [0.2, 0.25) is 5.91 Å². The van der Waals surface area contributed by atoms with E-state index in [0.717, 1.165) is 16.7 Å². The molecule has 1 saturated heterocycles. The third-order valence-electron chi connectivity index (χ3n) is 5.03. The van der Waals surface area contributed by atoms with Crippen molar-refractivity contribution in [1.82, 2.24) is 4.90 Å². The summed E-state index contributed by atoms with van der Waals surface area (Å²) in [5.74, 6) is -0.147. The molecule has 1 amide bonds. The van der Waals surface area contributed by atoms with Crippen molar-refractivity contribution in [2.45, 2.75) is 24.4 Å². The Labute approximate surface area is 174 Å². The van der Waals surface area contributed by atoms with Crippen LogP contribution in [0.5, 0.6) is 0 Å². The van der Waals surface area contributed by atoms with Gasteiger partial charge in [-0.3, -0.25) is 9.69 Å². The highest BCUT2D eigenvalue weighted by molar-refractivity contribution is 8.00. The van der Waals surface area contributed by atoms with Crippen molar-refractivity contribution in [3.63, 3.8) is 0 Å². The maximum absolute atomic E-state index is 13.3. The van der Waals surface area contributed by atoms with Crippen molar-refractivity contribution in [2.24, 2.45) is 5.73 Å². The second-order valence-electron chi connectivity index (χ2n) is 6.92. The first kappa shape index (κ1) is 19.5. The molecule has 148 valence electrons. The zero-order valence-electron chi connectivity index (χ0n) is 16.0. The van der Waals surface area contributed by atoms with Crippen molar-refractivity contribution in [2.75, 3.05) is 5.75 Å². The normalized spacial score (nSPS) is 21.3. The number of thioether (sulfide) groups is 1. The van der Waals surface area contributed by atoms with Crippen LogP contribution in [0.2, 0.25) is 0 Å². The fraction of sp³-hybridized carbons (Fsp3) is 0.217. The first-order valence-corrected chi connectivity index (χ1v) is 10.5. The Bertz CT molecular complexity index is 933. The maximum Gasteiger partial charge on any atom is 0.356 e. The van der Waals surface area contributed by atoms with E-state index in [4.69, 9.17) is 10.5 Å². The predicted octanol–water partition coefficient (Wildman–Crippen LogP) is 3.39. The van der Waals surface area contributed by atoms with E-state index in [0.29, 0.717) is 11.4 Å². The Balaban J connectivity index is 1.70. The van der Waals surface area contributed by atoms with Crippen molar-refractivity contribution in [1.29, 1.82) is 0 Å². The lowest BCUT2D eigenvalue weighted by molar-refractivity contribution is -0.153. The van der Waals surface area contributed by atoms with Gasteiger partial charge >= 0.3 is 5.97 Å². The molecule has 2 heterocycles. The summed E-state index contributed by atoms with van der Waals surface area (Å²) in [4.78, 5) is 27.2. The summed E-state index contributed by atoms with van der Waals surface area (Å²) in [6.45, 7) is 1.88. The first-order chi connectivity index (χ1) is 14.1. The zero-order valence-corrected chi connectivity index (χ0v) is 16.8. The standard InChI is InChI=1S/C23H22N2O3S/c1-2-9-17-14-29-22-18(24)21(26)25(22)19(17)23(27)28-20(15-10-5-3-6-11-15)16-12-7-4-8-13-16/h2-13,18,20,22H,14,24H2,1H3/b9-2+/t18-,22-/m0/s1. The molecule has 0 aliphatic carbocycles. The SMILES string of the molecule is C/C=C/C1=C(C(=O)OC(c2ccccc2)c2ccccc2)N2C(=O)[C@H](N)[C@@H]2SC1. The lowest BCUT2D eigenvalue weighted by Crippen LogP contribution is -2.68. The molecule has 2 aromatic rings. The molecule has 1 fully saturated rings. The number of β-lactam (4-membered cyclic amide) rings is 1. The molecular weight excluding hydrogens is 384 g/mol. The molecule has 2 aliphatic rings. The fourth-order valence-electron chi connectivity index (χ4n) is 3.61. The van der Waals surface area contributed by atoms with Gasteiger partial charge in [-0.2, -0.15) is 0 Å². The monoisotopic (exact) mass is 406 g/mol. The van der Waals surface area contributed by atoms with Gasteiger partial charge in [0.1, 0.15) is 17.1 Å². The molecule has 29 heavy (non-hydrogen) atoms. The average Bonchev–Trinajstić information content (AvgIpc) is 2.77. The number of allylic oxidation sites excluding steroid dienone is 2. The lowest BCUT2D eigenvalue weighted by atomic mass is 10.0. The number of carbonyl (C=O) groups excluding carboxylic acids is 2. The highest BCUT2D eigenvalue weighted by Crippen LogP contribution is 2.41. The van der Waals surface area contributed by atoms with Gasteiger partial charge in [0.15, 0.2) is 6.10 Å². The number of esters is 1. The Morgan fingerprint density at radius 2 is 1.72 bits per heavy atom. The van der Waals surface area contributed by atoms with E-state index in [1.807, 2.05) is 79.7 Å². The third-order valence-corrected chi connectivity index (χ3v) is 6.35. The maximum atomic E-state index is 13.3. The molecule has 0 aromatic heterocycles. The van der Waals surface area contributed by atoms with Crippen LogP contribution in [0.15, 0.2) is 84.1 Å². The number of hydrogen-bond acceptors (Lipinski definition) is 5. The highest BCUT2D eigenvalue weighted by Gasteiger charge is 2.52. The van der Waals surface area contributed by atoms with Crippen molar-refractivity contribution >= 4 is 23.6 Å². The third kappa shape index (κ3) is 3.61. The van der Waals surface area contributed by atoms with Gasteiger partial charge in [-0.25, -0.2) is 4.79 Å². The number of ether oxygens (including phenoxy) is 1. The molecule has 6 heteroatoms. The largest absolute Gasteiger partial charge is 0.448 e. The summed E-state index contributed by atoms with van der Waals surface area (Å²) in [6.07, 6.45) is 3.15. The second kappa shape index (κ2) is 8.27. The number of carbonyl (C=O) groups is 2. The van der Waals surface area contributed by atoms with Crippen LogP contribution in [0.3, 0.4) is 0 Å². The van der Waals surface area contributed by atoms with Gasteiger partial charge in [-0.1, -0.05) is 72.8 Å². The molecule has 0 unspecified atom stereocenters. The molecule has 0 bridgehead atoms. The molecule has 0 spiro atoms. The number of amides is 1. The summed E-state index contributed by atoms with van der Waals surface area (Å²) in [6, 6.07) is 18.6. The minimum atomic E-state index is -0.575. The molecule has 2 aromatic carbocycles. The van der Waals surface area contributed by atoms with Gasteiger partial charge in [-0.05, 0) is 23.6 Å². The van der Waals surface area contributed by atoms with Crippen LogP contribution in [0.25, 0.3) is 0 Å². The summed E-state index contributed by atoms with van der Waals surface area (Å²) in [5.41, 5.74) is 8.75. The number of benzene rings is 2. The zero-order chi connectivity index (χ0) is 20.4. The van der Waals surface area contributed by atoms with Gasteiger partial charge < -0.3 is 10.5 Å². The van der Waals surface area contributed by atoms with E-state index < -0.39 is 18.1 Å². The molecule has 0 saturated carbocycles. The summed E-state index contributed by atoms with van der Waals surface area (Å²) in [7, 11) is 0. The summed E-state index contributed by atoms with van der Waals surface area (Å²) < 4.78 is 6.00. The lowest BCUT2D eigenvalue weighted by Gasteiger charge is -2.48. The Morgan fingerprint density at radius 1 is 1.14 bits per heavy atom. The number of nitrogens with two attached hydrogens (primary N) is 1. The second-order valence-corrected chi connectivity index (χ2v) is 8.02. The Kier molecular flexibility index (Phi) is 5.56. The smallest absolute Gasteiger partial charge is 0.356 e.